The lowest BCUT2D eigenvalue weighted by molar-refractivity contribution is -0.128. The summed E-state index contributed by atoms with van der Waals surface area (Å²) in [4.78, 5) is 13.0. The molecule has 0 radical (unpaired) electrons. The van der Waals surface area contributed by atoms with Crippen LogP contribution in [0.1, 0.15) is 12.8 Å². The van der Waals surface area contributed by atoms with E-state index in [1.54, 1.807) is 26.2 Å². The Hall–Kier alpha value is -1.47. The summed E-state index contributed by atoms with van der Waals surface area (Å²) in [6.45, 7) is 0.209. The maximum Gasteiger partial charge on any atom is 0.232 e. The van der Waals surface area contributed by atoms with Gasteiger partial charge in [0.2, 0.25) is 15.9 Å². The summed E-state index contributed by atoms with van der Waals surface area (Å²) in [5.41, 5.74) is 0.450. The van der Waals surface area contributed by atoms with Gasteiger partial charge in [0, 0.05) is 27.1 Å². The standard InChI is InChI=1S/C14H21ClN2O4S/c1-16(2)14(18)6-5-9-17(22(4,19)20)11-7-8-13(21-3)12(15)10-11/h7-8,10H,5-6,9H2,1-4H3. The van der Waals surface area contributed by atoms with Gasteiger partial charge in [0.25, 0.3) is 0 Å². The predicted molar refractivity (Wildman–Crippen MR) is 88.1 cm³/mol. The molecule has 8 heteroatoms. The number of methoxy groups -OCH3 is 1. The van der Waals surface area contributed by atoms with Crippen molar-refractivity contribution in [3.05, 3.63) is 23.2 Å². The van der Waals surface area contributed by atoms with Crippen LogP contribution in [0.5, 0.6) is 5.75 Å². The second-order valence-electron chi connectivity index (χ2n) is 5.05. The number of carbonyl (C=O) groups is 1. The van der Waals surface area contributed by atoms with E-state index >= 15 is 0 Å². The highest BCUT2D eigenvalue weighted by molar-refractivity contribution is 7.92. The number of anilines is 1. The van der Waals surface area contributed by atoms with Gasteiger partial charge >= 0.3 is 0 Å². The van der Waals surface area contributed by atoms with E-state index in [-0.39, 0.29) is 18.9 Å². The minimum atomic E-state index is -3.46. The van der Waals surface area contributed by atoms with E-state index in [4.69, 9.17) is 16.3 Å². The molecule has 0 aliphatic heterocycles. The molecule has 1 amide bonds. The Kier molecular flexibility index (Phi) is 6.49. The third-order valence-corrected chi connectivity index (χ3v) is 4.56. The van der Waals surface area contributed by atoms with E-state index in [1.807, 2.05) is 0 Å². The molecule has 1 aromatic carbocycles. The Bertz CT molecular complexity index is 632. The lowest BCUT2D eigenvalue weighted by Crippen LogP contribution is -2.32. The minimum absolute atomic E-state index is 0.0405. The molecule has 22 heavy (non-hydrogen) atoms. The molecule has 0 saturated heterocycles. The Morgan fingerprint density at radius 3 is 2.41 bits per heavy atom. The number of sulfonamides is 1. The van der Waals surface area contributed by atoms with Crippen molar-refractivity contribution >= 4 is 33.2 Å². The fourth-order valence-corrected chi connectivity index (χ4v) is 3.10. The van der Waals surface area contributed by atoms with Crippen LogP contribution < -0.4 is 9.04 Å². The van der Waals surface area contributed by atoms with Crippen molar-refractivity contribution in [3.63, 3.8) is 0 Å². The van der Waals surface area contributed by atoms with Crippen LogP contribution in [0.4, 0.5) is 5.69 Å². The second kappa shape index (κ2) is 7.69. The number of nitrogens with zero attached hydrogens (tertiary/aromatic N) is 2. The number of hydrogen-bond donors (Lipinski definition) is 0. The predicted octanol–water partition coefficient (Wildman–Crippen LogP) is 1.98. The van der Waals surface area contributed by atoms with Crippen LogP contribution in [0, 0.1) is 0 Å². The van der Waals surface area contributed by atoms with Gasteiger partial charge in [-0.3, -0.25) is 9.10 Å². The molecule has 124 valence electrons. The molecule has 0 saturated carbocycles. The highest BCUT2D eigenvalue weighted by atomic mass is 35.5. The van der Waals surface area contributed by atoms with E-state index in [0.717, 1.165) is 6.26 Å². The Balaban J connectivity index is 2.91. The van der Waals surface area contributed by atoms with Gasteiger partial charge in [-0.2, -0.15) is 0 Å². The molecule has 0 fully saturated rings. The highest BCUT2D eigenvalue weighted by Gasteiger charge is 2.19. The SMILES string of the molecule is COc1ccc(N(CCCC(=O)N(C)C)S(C)(=O)=O)cc1Cl. The molecule has 1 aromatic rings. The van der Waals surface area contributed by atoms with Crippen LogP contribution >= 0.6 is 11.6 Å². The Morgan fingerprint density at radius 2 is 1.95 bits per heavy atom. The van der Waals surface area contributed by atoms with Gasteiger partial charge in [0.1, 0.15) is 5.75 Å². The number of hydrogen-bond acceptors (Lipinski definition) is 4. The average molecular weight is 349 g/mol. The average Bonchev–Trinajstić information content (AvgIpc) is 2.41. The van der Waals surface area contributed by atoms with E-state index in [9.17, 15) is 13.2 Å². The van der Waals surface area contributed by atoms with Crippen molar-refractivity contribution in [2.24, 2.45) is 0 Å². The van der Waals surface area contributed by atoms with E-state index < -0.39 is 10.0 Å². The van der Waals surface area contributed by atoms with Crippen LogP contribution in [-0.4, -0.2) is 53.2 Å². The number of amides is 1. The molecule has 0 atom stereocenters. The zero-order chi connectivity index (χ0) is 16.9. The first-order chi connectivity index (χ1) is 10.2. The summed E-state index contributed by atoms with van der Waals surface area (Å²) in [6.07, 6.45) is 1.83. The van der Waals surface area contributed by atoms with Gasteiger partial charge in [-0.15, -0.1) is 0 Å². The van der Waals surface area contributed by atoms with Crippen molar-refractivity contribution in [1.82, 2.24) is 4.90 Å². The van der Waals surface area contributed by atoms with Gasteiger partial charge in [-0.05, 0) is 24.6 Å². The first-order valence-electron chi connectivity index (χ1n) is 6.68. The molecule has 1 rings (SSSR count). The Labute approximate surface area is 136 Å². The smallest absolute Gasteiger partial charge is 0.232 e. The summed E-state index contributed by atoms with van der Waals surface area (Å²) < 4.78 is 30.2. The first kappa shape index (κ1) is 18.6. The molecule has 0 bridgehead atoms. The van der Waals surface area contributed by atoms with Crippen molar-refractivity contribution in [2.45, 2.75) is 12.8 Å². The van der Waals surface area contributed by atoms with Gasteiger partial charge < -0.3 is 9.64 Å². The molecule has 0 aromatic heterocycles. The van der Waals surface area contributed by atoms with Crippen molar-refractivity contribution < 1.29 is 17.9 Å². The fourth-order valence-electron chi connectivity index (χ4n) is 1.89. The van der Waals surface area contributed by atoms with Crippen molar-refractivity contribution in [1.29, 1.82) is 0 Å². The summed E-state index contributed by atoms with van der Waals surface area (Å²) in [5.74, 6) is 0.433. The molecule has 6 nitrogen and oxygen atoms in total. The van der Waals surface area contributed by atoms with Crippen LogP contribution in [0.3, 0.4) is 0 Å². The van der Waals surface area contributed by atoms with Gasteiger partial charge in [0.05, 0.1) is 24.1 Å². The molecule has 0 aliphatic carbocycles. The quantitative estimate of drug-likeness (QED) is 0.755. The summed E-state index contributed by atoms with van der Waals surface area (Å²) in [5, 5.41) is 0.331. The maximum atomic E-state index is 12.0. The second-order valence-corrected chi connectivity index (χ2v) is 7.36. The van der Waals surface area contributed by atoms with Crippen LogP contribution in [0.15, 0.2) is 18.2 Å². The summed E-state index contributed by atoms with van der Waals surface area (Å²) in [7, 11) is 1.36. The van der Waals surface area contributed by atoms with Crippen molar-refractivity contribution in [2.75, 3.05) is 38.3 Å². The van der Waals surface area contributed by atoms with Gasteiger partial charge in [-0.1, -0.05) is 11.6 Å². The van der Waals surface area contributed by atoms with Crippen LogP contribution in [-0.2, 0) is 14.8 Å². The Morgan fingerprint density at radius 1 is 1.32 bits per heavy atom. The van der Waals surface area contributed by atoms with E-state index in [2.05, 4.69) is 0 Å². The third kappa shape index (κ3) is 5.06. The number of ether oxygens (including phenoxy) is 1. The summed E-state index contributed by atoms with van der Waals surface area (Å²) >= 11 is 6.04. The number of benzene rings is 1. The summed E-state index contributed by atoms with van der Waals surface area (Å²) in [6, 6.07) is 4.77. The maximum absolute atomic E-state index is 12.0. The monoisotopic (exact) mass is 348 g/mol. The topological polar surface area (TPSA) is 66.9 Å². The normalized spacial score (nSPS) is 11.1. The number of carbonyl (C=O) groups excluding carboxylic acids is 1. The van der Waals surface area contributed by atoms with Crippen molar-refractivity contribution in [3.8, 4) is 5.75 Å². The molecular formula is C14H21ClN2O4S. The van der Waals surface area contributed by atoms with Gasteiger partial charge in [-0.25, -0.2) is 8.42 Å². The van der Waals surface area contributed by atoms with E-state index in [0.29, 0.717) is 22.9 Å². The highest BCUT2D eigenvalue weighted by Crippen LogP contribution is 2.30. The third-order valence-electron chi connectivity index (χ3n) is 3.07. The van der Waals surface area contributed by atoms with Crippen LogP contribution in [0.25, 0.3) is 0 Å². The first-order valence-corrected chi connectivity index (χ1v) is 8.91. The van der Waals surface area contributed by atoms with E-state index in [1.165, 1.54) is 22.4 Å². The zero-order valence-corrected chi connectivity index (χ0v) is 14.7. The number of rotatable bonds is 7. The zero-order valence-electron chi connectivity index (χ0n) is 13.2. The lowest BCUT2D eigenvalue weighted by Gasteiger charge is -2.23. The molecule has 0 spiro atoms. The molecule has 0 N–H and O–H groups in total. The molecular weight excluding hydrogens is 328 g/mol. The fraction of sp³-hybridized carbons (Fsp3) is 0.500. The molecule has 0 aliphatic rings. The number of halogens is 1. The van der Waals surface area contributed by atoms with Crippen LogP contribution in [0.2, 0.25) is 5.02 Å². The molecule has 0 unspecified atom stereocenters. The largest absolute Gasteiger partial charge is 0.495 e. The van der Waals surface area contributed by atoms with Gasteiger partial charge in [0.15, 0.2) is 0 Å². The minimum Gasteiger partial charge on any atom is -0.495 e. The lowest BCUT2D eigenvalue weighted by atomic mass is 10.2. The molecule has 0 heterocycles.